The van der Waals surface area contributed by atoms with Crippen LogP contribution < -0.4 is 5.32 Å². The van der Waals surface area contributed by atoms with Crippen LogP contribution >= 0.6 is 0 Å². The molecule has 0 aliphatic heterocycles. The minimum atomic E-state index is -1.19. The first-order valence-electron chi connectivity index (χ1n) is 8.22. The van der Waals surface area contributed by atoms with Crippen molar-refractivity contribution in [1.82, 2.24) is 5.32 Å². The van der Waals surface area contributed by atoms with Gasteiger partial charge < -0.3 is 10.4 Å². The molecule has 1 unspecified atom stereocenters. The highest BCUT2D eigenvalue weighted by Crippen LogP contribution is 2.46. The lowest BCUT2D eigenvalue weighted by atomic mass is 9.91. The summed E-state index contributed by atoms with van der Waals surface area (Å²) in [6.07, 6.45) is 1.66. The van der Waals surface area contributed by atoms with Crippen LogP contribution in [-0.4, -0.2) is 23.5 Å². The molecule has 124 valence electrons. The second-order valence-corrected chi connectivity index (χ2v) is 6.39. The summed E-state index contributed by atoms with van der Waals surface area (Å²) in [7, 11) is 0. The molecule has 2 aromatic carbocycles. The van der Waals surface area contributed by atoms with Crippen LogP contribution in [0.5, 0.6) is 0 Å². The van der Waals surface area contributed by atoms with E-state index in [-0.39, 0.29) is 11.8 Å². The normalized spacial score (nSPS) is 16.2. The second-order valence-electron chi connectivity index (χ2n) is 6.39. The van der Waals surface area contributed by atoms with Crippen LogP contribution in [0.3, 0.4) is 0 Å². The summed E-state index contributed by atoms with van der Waals surface area (Å²) < 4.78 is 0. The first-order chi connectivity index (χ1) is 11.6. The Morgan fingerprint density at radius 1 is 1.00 bits per heavy atom. The molecular weight excluding hydrogens is 302 g/mol. The Morgan fingerprint density at radius 2 is 1.58 bits per heavy atom. The largest absolute Gasteiger partial charge is 0.480 e. The van der Waals surface area contributed by atoms with Crippen molar-refractivity contribution in [2.45, 2.75) is 25.2 Å². The molecule has 0 saturated heterocycles. The lowest BCUT2D eigenvalue weighted by molar-refractivity contribution is -0.149. The molecule has 1 atom stereocenters. The maximum atomic E-state index is 12.3. The fourth-order valence-corrected chi connectivity index (χ4v) is 2.98. The van der Waals surface area contributed by atoms with Gasteiger partial charge in [0.15, 0.2) is 0 Å². The summed E-state index contributed by atoms with van der Waals surface area (Å²) >= 11 is 0. The molecule has 24 heavy (non-hydrogen) atoms. The van der Waals surface area contributed by atoms with E-state index in [4.69, 9.17) is 0 Å². The molecule has 1 aliphatic carbocycles. The van der Waals surface area contributed by atoms with Gasteiger partial charge in [0.25, 0.3) is 0 Å². The molecule has 0 aromatic heterocycles. The highest BCUT2D eigenvalue weighted by atomic mass is 16.4. The third-order valence-electron chi connectivity index (χ3n) is 4.70. The number of hydrogen-bond donors (Lipinski definition) is 2. The van der Waals surface area contributed by atoms with Crippen molar-refractivity contribution < 1.29 is 14.7 Å². The van der Waals surface area contributed by atoms with Crippen LogP contribution in [0.15, 0.2) is 60.7 Å². The Balaban J connectivity index is 1.71. The highest BCUT2D eigenvalue weighted by Gasteiger charge is 2.57. The molecular formula is C20H21NO3. The van der Waals surface area contributed by atoms with Gasteiger partial charge in [-0.3, -0.25) is 9.59 Å². The number of carbonyl (C=O) groups is 2. The van der Waals surface area contributed by atoms with Gasteiger partial charge in [-0.1, -0.05) is 60.7 Å². The van der Waals surface area contributed by atoms with Crippen molar-refractivity contribution in [3.63, 3.8) is 0 Å². The topological polar surface area (TPSA) is 66.4 Å². The van der Waals surface area contributed by atoms with E-state index >= 15 is 0 Å². The van der Waals surface area contributed by atoms with Gasteiger partial charge in [0, 0.05) is 12.5 Å². The second kappa shape index (κ2) is 6.87. The van der Waals surface area contributed by atoms with Crippen LogP contribution in [-0.2, 0) is 16.0 Å². The Hall–Kier alpha value is -2.62. The number of amides is 1. The molecule has 4 heteroatoms. The molecule has 0 heterocycles. The van der Waals surface area contributed by atoms with Crippen molar-refractivity contribution in [2.75, 3.05) is 6.54 Å². The minimum Gasteiger partial charge on any atom is -0.480 e. The fraction of sp³-hybridized carbons (Fsp3) is 0.300. The van der Waals surface area contributed by atoms with Crippen LogP contribution in [0.25, 0.3) is 0 Å². The number of hydrogen-bond acceptors (Lipinski definition) is 2. The number of aliphatic carboxylic acids is 1. The van der Waals surface area contributed by atoms with Crippen molar-refractivity contribution in [1.29, 1.82) is 0 Å². The number of nitrogens with one attached hydrogen (secondary N) is 1. The van der Waals surface area contributed by atoms with E-state index in [0.29, 0.717) is 19.4 Å². The lowest BCUT2D eigenvalue weighted by Gasteiger charge is -2.20. The van der Waals surface area contributed by atoms with E-state index in [1.807, 2.05) is 48.5 Å². The summed E-state index contributed by atoms with van der Waals surface area (Å²) in [5.74, 6) is -1.26. The van der Waals surface area contributed by atoms with Gasteiger partial charge >= 0.3 is 5.97 Å². The predicted molar refractivity (Wildman–Crippen MR) is 91.6 cm³/mol. The molecule has 1 amide bonds. The standard InChI is InChI=1S/C20H21NO3/c22-18(20(11-12-20)19(23)24)21-14-17(16-9-5-2-6-10-16)13-15-7-3-1-4-8-15/h1-10,17H,11-14H2,(H,21,22)(H,23,24). The molecule has 2 aromatic rings. The lowest BCUT2D eigenvalue weighted by Crippen LogP contribution is -2.39. The van der Waals surface area contributed by atoms with Crippen molar-refractivity contribution in [3.05, 3.63) is 71.8 Å². The fourth-order valence-electron chi connectivity index (χ4n) is 2.98. The van der Waals surface area contributed by atoms with Crippen molar-refractivity contribution >= 4 is 11.9 Å². The first-order valence-corrected chi connectivity index (χ1v) is 8.22. The summed E-state index contributed by atoms with van der Waals surface area (Å²) in [5.41, 5.74) is 1.15. The molecule has 0 spiro atoms. The van der Waals surface area contributed by atoms with Gasteiger partial charge in [-0.15, -0.1) is 0 Å². The molecule has 4 nitrogen and oxygen atoms in total. The average Bonchev–Trinajstić information content (AvgIpc) is 3.42. The van der Waals surface area contributed by atoms with Gasteiger partial charge in [0.1, 0.15) is 5.41 Å². The number of rotatable bonds is 7. The molecule has 3 rings (SSSR count). The van der Waals surface area contributed by atoms with E-state index in [1.54, 1.807) is 0 Å². The van der Waals surface area contributed by atoms with Crippen LogP contribution in [0.4, 0.5) is 0 Å². The summed E-state index contributed by atoms with van der Waals surface area (Å²) in [5, 5.41) is 12.1. The Labute approximate surface area is 141 Å². The average molecular weight is 323 g/mol. The number of benzene rings is 2. The molecule has 1 aliphatic rings. The number of carboxylic acids is 1. The SMILES string of the molecule is O=C(O)C1(C(=O)NCC(Cc2ccccc2)c2ccccc2)CC1. The van der Waals surface area contributed by atoms with Gasteiger partial charge in [-0.2, -0.15) is 0 Å². The number of carboxylic acid groups (broad SMARTS) is 1. The van der Waals surface area contributed by atoms with Crippen LogP contribution in [0.2, 0.25) is 0 Å². The summed E-state index contributed by atoms with van der Waals surface area (Å²) in [6, 6.07) is 20.1. The predicted octanol–water partition coefficient (Wildman–Crippen LogP) is 2.99. The van der Waals surface area contributed by atoms with E-state index in [1.165, 1.54) is 5.56 Å². The third-order valence-corrected chi connectivity index (χ3v) is 4.70. The summed E-state index contributed by atoms with van der Waals surface area (Å²) in [6.45, 7) is 0.437. The summed E-state index contributed by atoms with van der Waals surface area (Å²) in [4.78, 5) is 23.5. The zero-order valence-corrected chi connectivity index (χ0v) is 13.4. The van der Waals surface area contributed by atoms with E-state index in [0.717, 1.165) is 12.0 Å². The van der Waals surface area contributed by atoms with Crippen molar-refractivity contribution in [2.24, 2.45) is 5.41 Å². The van der Waals surface area contributed by atoms with Gasteiger partial charge in [-0.25, -0.2) is 0 Å². The zero-order chi connectivity index (χ0) is 17.0. The highest BCUT2D eigenvalue weighted by molar-refractivity contribution is 6.04. The molecule has 0 radical (unpaired) electrons. The quantitative estimate of drug-likeness (QED) is 0.770. The van der Waals surface area contributed by atoms with E-state index in [2.05, 4.69) is 17.4 Å². The minimum absolute atomic E-state index is 0.113. The maximum Gasteiger partial charge on any atom is 0.319 e. The van der Waals surface area contributed by atoms with Gasteiger partial charge in [-0.05, 0) is 30.4 Å². The monoisotopic (exact) mass is 323 g/mol. The van der Waals surface area contributed by atoms with E-state index in [9.17, 15) is 14.7 Å². The molecule has 1 saturated carbocycles. The van der Waals surface area contributed by atoms with E-state index < -0.39 is 11.4 Å². The first kappa shape index (κ1) is 16.2. The van der Waals surface area contributed by atoms with Crippen LogP contribution in [0.1, 0.15) is 29.9 Å². The van der Waals surface area contributed by atoms with Gasteiger partial charge in [0.05, 0.1) is 0 Å². The van der Waals surface area contributed by atoms with Crippen molar-refractivity contribution in [3.8, 4) is 0 Å². The smallest absolute Gasteiger partial charge is 0.319 e. The molecule has 2 N–H and O–H groups in total. The number of carbonyl (C=O) groups excluding carboxylic acids is 1. The Morgan fingerprint density at radius 3 is 2.12 bits per heavy atom. The Kier molecular flexibility index (Phi) is 4.65. The Bertz CT molecular complexity index is 708. The third kappa shape index (κ3) is 3.48. The van der Waals surface area contributed by atoms with Crippen LogP contribution in [0, 0.1) is 5.41 Å². The van der Waals surface area contributed by atoms with Gasteiger partial charge in [0.2, 0.25) is 5.91 Å². The molecule has 1 fully saturated rings. The zero-order valence-electron chi connectivity index (χ0n) is 13.4. The molecule has 0 bridgehead atoms. The maximum absolute atomic E-state index is 12.3.